The Morgan fingerprint density at radius 1 is 0.425 bits per heavy atom. The largest absolute Gasteiger partial charge is 0.507 e. The first-order valence-electron chi connectivity index (χ1n) is 14.8. The molecule has 0 aliphatic carbocycles. The second kappa shape index (κ2) is 9.92. The lowest BCUT2D eigenvalue weighted by Gasteiger charge is -2.37. The number of carbonyl (C=O) groups is 1. The van der Waals surface area contributed by atoms with E-state index in [-0.39, 0.29) is 28.1 Å². The van der Waals surface area contributed by atoms with Crippen molar-refractivity contribution in [2.45, 2.75) is 157 Å². The SMILES string of the molecule is CC(C)(C)c1cc(C(=O)c2cc(C(C)(C)C)c(O)c(C(C)(C)C)c2C(C)(C)C)c(C(C)(C)C)c(C(C)(C)C)c1O. The van der Waals surface area contributed by atoms with Gasteiger partial charge in [-0.25, -0.2) is 0 Å². The van der Waals surface area contributed by atoms with Crippen molar-refractivity contribution in [3.8, 4) is 11.5 Å². The smallest absolute Gasteiger partial charge is 0.193 e. The van der Waals surface area contributed by atoms with Gasteiger partial charge in [0, 0.05) is 33.4 Å². The summed E-state index contributed by atoms with van der Waals surface area (Å²) in [5.41, 5.74) is 3.93. The molecular formula is C37H58O3. The summed E-state index contributed by atoms with van der Waals surface area (Å²) >= 11 is 0. The lowest BCUT2D eigenvalue weighted by Crippen LogP contribution is -2.31. The molecule has 0 unspecified atom stereocenters. The molecule has 224 valence electrons. The maximum atomic E-state index is 15.2. The van der Waals surface area contributed by atoms with E-state index in [4.69, 9.17) is 0 Å². The van der Waals surface area contributed by atoms with E-state index in [9.17, 15) is 10.2 Å². The fraction of sp³-hybridized carbons (Fsp3) is 0.649. The molecule has 40 heavy (non-hydrogen) atoms. The van der Waals surface area contributed by atoms with Gasteiger partial charge in [-0.1, -0.05) is 125 Å². The lowest BCUT2D eigenvalue weighted by molar-refractivity contribution is 0.103. The van der Waals surface area contributed by atoms with Crippen LogP contribution in [0.4, 0.5) is 0 Å². The third-order valence-electron chi connectivity index (χ3n) is 7.71. The molecule has 0 aliphatic heterocycles. The topological polar surface area (TPSA) is 57.5 Å². The van der Waals surface area contributed by atoms with Crippen molar-refractivity contribution in [2.24, 2.45) is 0 Å². The van der Waals surface area contributed by atoms with E-state index in [1.165, 1.54) is 0 Å². The summed E-state index contributed by atoms with van der Waals surface area (Å²) in [6.45, 7) is 37.8. The van der Waals surface area contributed by atoms with Gasteiger partial charge >= 0.3 is 0 Å². The van der Waals surface area contributed by atoms with E-state index < -0.39 is 21.7 Å². The van der Waals surface area contributed by atoms with Crippen molar-refractivity contribution in [1.29, 1.82) is 0 Å². The number of carbonyl (C=O) groups excluding carboxylic acids is 1. The number of aromatic hydroxyl groups is 2. The summed E-state index contributed by atoms with van der Waals surface area (Å²) in [5, 5.41) is 23.5. The highest BCUT2D eigenvalue weighted by Gasteiger charge is 2.40. The van der Waals surface area contributed by atoms with Gasteiger partial charge in [-0.15, -0.1) is 0 Å². The Balaban J connectivity index is 3.36. The minimum atomic E-state index is -0.403. The van der Waals surface area contributed by atoms with Crippen LogP contribution in [0, 0.1) is 0 Å². The molecule has 0 saturated heterocycles. The van der Waals surface area contributed by atoms with E-state index in [0.29, 0.717) is 11.1 Å². The maximum absolute atomic E-state index is 15.2. The fourth-order valence-corrected chi connectivity index (χ4v) is 6.01. The van der Waals surface area contributed by atoms with Crippen LogP contribution in [0.25, 0.3) is 0 Å². The lowest BCUT2D eigenvalue weighted by atomic mass is 9.66. The quantitative estimate of drug-likeness (QED) is 0.366. The Morgan fingerprint density at radius 3 is 0.825 bits per heavy atom. The molecule has 0 spiro atoms. The van der Waals surface area contributed by atoms with Crippen molar-refractivity contribution < 1.29 is 15.0 Å². The molecule has 0 radical (unpaired) electrons. The molecule has 0 aliphatic rings. The van der Waals surface area contributed by atoms with E-state index in [2.05, 4.69) is 125 Å². The fourth-order valence-electron chi connectivity index (χ4n) is 6.01. The second-order valence-corrected chi connectivity index (χ2v) is 18.0. The van der Waals surface area contributed by atoms with Crippen LogP contribution in [0.2, 0.25) is 0 Å². The summed E-state index contributed by atoms with van der Waals surface area (Å²) in [4.78, 5) is 15.2. The monoisotopic (exact) mass is 550 g/mol. The Labute approximate surface area is 245 Å². The predicted octanol–water partition coefficient (Wildman–Crippen LogP) is 10.1. The standard InChI is InChI=1S/C37H58O3/c1-32(2,3)23-19-21(25(34(7,8)9)27(30(23)39)36(13,14)15)29(38)22-20-24(33(4,5)6)31(40)28(37(16,17)18)26(22)35(10,11)12/h19-20,39-40H,1-18H3. The number of ketones is 1. The number of hydrogen-bond donors (Lipinski definition) is 2. The van der Waals surface area contributed by atoms with Gasteiger partial charge in [0.15, 0.2) is 5.78 Å². The molecule has 0 amide bonds. The molecule has 2 rings (SSSR count). The zero-order valence-corrected chi connectivity index (χ0v) is 29.0. The van der Waals surface area contributed by atoms with E-state index >= 15 is 4.79 Å². The number of hydrogen-bond acceptors (Lipinski definition) is 3. The maximum Gasteiger partial charge on any atom is 0.193 e. The Morgan fingerprint density at radius 2 is 0.650 bits per heavy atom. The van der Waals surface area contributed by atoms with Crippen LogP contribution in [-0.4, -0.2) is 16.0 Å². The molecule has 2 N–H and O–H groups in total. The van der Waals surface area contributed by atoms with Crippen LogP contribution in [-0.2, 0) is 32.5 Å². The van der Waals surface area contributed by atoms with Crippen molar-refractivity contribution in [3.05, 3.63) is 56.6 Å². The van der Waals surface area contributed by atoms with E-state index in [1.54, 1.807) is 0 Å². The highest BCUT2D eigenvalue weighted by atomic mass is 16.3. The van der Waals surface area contributed by atoms with Crippen molar-refractivity contribution in [2.75, 3.05) is 0 Å². The van der Waals surface area contributed by atoms with E-state index in [1.807, 2.05) is 12.1 Å². The van der Waals surface area contributed by atoms with Crippen LogP contribution in [0.1, 0.15) is 174 Å². The molecule has 3 nitrogen and oxygen atoms in total. The molecule has 2 aromatic carbocycles. The average Bonchev–Trinajstić information content (AvgIpc) is 2.67. The number of benzene rings is 2. The number of phenols is 2. The summed E-state index contributed by atoms with van der Waals surface area (Å²) in [5.74, 6) is 0.518. The third kappa shape index (κ3) is 6.44. The summed E-state index contributed by atoms with van der Waals surface area (Å²) in [7, 11) is 0. The Bertz CT molecular complexity index is 1200. The minimum absolute atomic E-state index is 0.0538. The minimum Gasteiger partial charge on any atom is -0.507 e. The van der Waals surface area contributed by atoms with Crippen LogP contribution in [0.15, 0.2) is 12.1 Å². The summed E-state index contributed by atoms with van der Waals surface area (Å²) in [6, 6.07) is 3.89. The second-order valence-electron chi connectivity index (χ2n) is 18.0. The van der Waals surface area contributed by atoms with Gasteiger partial charge in [-0.2, -0.15) is 0 Å². The van der Waals surface area contributed by atoms with Crippen molar-refractivity contribution >= 4 is 5.78 Å². The first-order valence-corrected chi connectivity index (χ1v) is 14.8. The van der Waals surface area contributed by atoms with Gasteiger partial charge in [-0.05, 0) is 55.7 Å². The zero-order chi connectivity index (χ0) is 31.8. The molecule has 0 saturated carbocycles. The van der Waals surface area contributed by atoms with Gasteiger partial charge in [0.05, 0.1) is 0 Å². The molecule has 2 aromatic rings. The molecule has 0 heterocycles. The average molecular weight is 551 g/mol. The highest BCUT2D eigenvalue weighted by molar-refractivity contribution is 6.12. The first kappa shape index (κ1) is 33.9. The third-order valence-corrected chi connectivity index (χ3v) is 7.71. The zero-order valence-electron chi connectivity index (χ0n) is 29.0. The van der Waals surface area contributed by atoms with Crippen molar-refractivity contribution in [1.82, 2.24) is 0 Å². The summed E-state index contributed by atoms with van der Waals surface area (Å²) < 4.78 is 0. The predicted molar refractivity (Wildman–Crippen MR) is 172 cm³/mol. The van der Waals surface area contributed by atoms with Crippen LogP contribution in [0.3, 0.4) is 0 Å². The van der Waals surface area contributed by atoms with Gasteiger partial charge in [0.2, 0.25) is 0 Å². The van der Waals surface area contributed by atoms with Gasteiger partial charge in [-0.3, -0.25) is 4.79 Å². The van der Waals surface area contributed by atoms with Crippen LogP contribution in [0.5, 0.6) is 11.5 Å². The van der Waals surface area contributed by atoms with Gasteiger partial charge in [0.1, 0.15) is 11.5 Å². The Hall–Kier alpha value is -2.29. The molecular weight excluding hydrogens is 492 g/mol. The van der Waals surface area contributed by atoms with Gasteiger partial charge < -0.3 is 10.2 Å². The molecule has 0 fully saturated rings. The van der Waals surface area contributed by atoms with Crippen LogP contribution >= 0.6 is 0 Å². The Kier molecular flexibility index (Phi) is 8.41. The summed E-state index contributed by atoms with van der Waals surface area (Å²) in [6.07, 6.45) is 0. The van der Waals surface area contributed by atoms with Crippen LogP contribution < -0.4 is 0 Å². The van der Waals surface area contributed by atoms with E-state index in [0.717, 1.165) is 33.4 Å². The first-order chi connectivity index (χ1) is 17.4. The number of rotatable bonds is 2. The molecule has 3 heteroatoms. The molecule has 0 bridgehead atoms. The molecule has 0 atom stereocenters. The molecule has 0 aromatic heterocycles. The number of phenolic OH excluding ortho intramolecular Hbond substituents is 2. The normalized spacial score (nSPS) is 14.1. The van der Waals surface area contributed by atoms with Gasteiger partial charge in [0.25, 0.3) is 0 Å². The highest BCUT2D eigenvalue weighted by Crippen LogP contribution is 2.50. The van der Waals surface area contributed by atoms with Crippen molar-refractivity contribution in [3.63, 3.8) is 0 Å².